The van der Waals surface area contributed by atoms with Gasteiger partial charge < -0.3 is 9.47 Å². The number of anilines is 3. The van der Waals surface area contributed by atoms with Gasteiger partial charge in [-0.2, -0.15) is 0 Å². The summed E-state index contributed by atoms with van der Waals surface area (Å²) in [4.78, 5) is 12.5. The lowest BCUT2D eigenvalue weighted by Gasteiger charge is -2.26. The molecule has 4 nitrogen and oxygen atoms in total. The van der Waals surface area contributed by atoms with Gasteiger partial charge in [0.05, 0.1) is 33.5 Å². The molecule has 0 aliphatic rings. The average molecular weight is 767 g/mol. The zero-order valence-corrected chi connectivity index (χ0v) is 32.7. The van der Waals surface area contributed by atoms with Crippen molar-refractivity contribution >= 4 is 49.9 Å². The van der Waals surface area contributed by atoms with Crippen molar-refractivity contribution in [2.75, 3.05) is 4.90 Å². The summed E-state index contributed by atoms with van der Waals surface area (Å²) in [7, 11) is 0. The summed E-state index contributed by atoms with van der Waals surface area (Å²) in [5.41, 5.74) is 17.0. The Morgan fingerprint density at radius 2 is 0.667 bits per heavy atom. The fourth-order valence-corrected chi connectivity index (χ4v) is 8.46. The number of para-hydroxylation sites is 4. The number of hydrogen-bond acceptors (Lipinski definition) is 3. The highest BCUT2D eigenvalue weighted by Gasteiger charge is 2.18. The highest BCUT2D eigenvalue weighted by molar-refractivity contribution is 6.11. The molecule has 282 valence electrons. The molecule has 0 bridgehead atoms. The first-order chi connectivity index (χ1) is 29.7. The average Bonchev–Trinajstić information content (AvgIpc) is 3.66. The summed E-state index contributed by atoms with van der Waals surface area (Å²) in [5, 5.41) is 2.46. The second-order valence-electron chi connectivity index (χ2n) is 15.0. The van der Waals surface area contributed by atoms with Crippen LogP contribution in [0.1, 0.15) is 0 Å². The van der Waals surface area contributed by atoms with Crippen LogP contribution < -0.4 is 4.90 Å². The van der Waals surface area contributed by atoms with E-state index >= 15 is 0 Å². The SMILES string of the molecule is c1ccc(-c2ccc3c(c2)c2cc(-c4ccc(N(c5ccccc5)c5ccc(-c6nc7ccccc7nc6-c6ccccc6)cc5)cc4)ccc2n3-c2ccccc2)cc1. The Kier molecular flexibility index (Phi) is 8.79. The lowest BCUT2D eigenvalue weighted by atomic mass is 10.00. The van der Waals surface area contributed by atoms with Crippen LogP contribution in [-0.2, 0) is 0 Å². The van der Waals surface area contributed by atoms with Crippen LogP contribution in [0.3, 0.4) is 0 Å². The Morgan fingerprint density at radius 1 is 0.300 bits per heavy atom. The summed E-state index contributed by atoms with van der Waals surface area (Å²) in [6, 6.07) is 81.6. The molecule has 0 unspecified atom stereocenters. The van der Waals surface area contributed by atoms with Gasteiger partial charge in [0.1, 0.15) is 0 Å². The van der Waals surface area contributed by atoms with Gasteiger partial charge in [-0.3, -0.25) is 0 Å². The molecule has 11 rings (SSSR count). The fourth-order valence-electron chi connectivity index (χ4n) is 8.46. The molecule has 0 atom stereocenters. The van der Waals surface area contributed by atoms with Gasteiger partial charge in [-0.05, 0) is 107 Å². The summed E-state index contributed by atoms with van der Waals surface area (Å²) >= 11 is 0. The zero-order valence-electron chi connectivity index (χ0n) is 32.7. The number of aromatic nitrogens is 3. The van der Waals surface area contributed by atoms with Crippen LogP contribution in [0.25, 0.3) is 83.3 Å². The van der Waals surface area contributed by atoms with Gasteiger partial charge in [0, 0.05) is 44.6 Å². The third-order valence-electron chi connectivity index (χ3n) is 11.4. The molecule has 0 saturated heterocycles. The summed E-state index contributed by atoms with van der Waals surface area (Å²) in [6.45, 7) is 0. The minimum atomic E-state index is 0.863. The van der Waals surface area contributed by atoms with Gasteiger partial charge in [0.2, 0.25) is 0 Å². The van der Waals surface area contributed by atoms with Crippen LogP contribution in [0, 0.1) is 0 Å². The number of hydrogen-bond donors (Lipinski definition) is 0. The molecular weight excluding hydrogens is 729 g/mol. The van der Waals surface area contributed by atoms with Gasteiger partial charge in [-0.25, -0.2) is 9.97 Å². The van der Waals surface area contributed by atoms with Crippen molar-refractivity contribution in [2.45, 2.75) is 0 Å². The Morgan fingerprint density at radius 3 is 1.18 bits per heavy atom. The number of nitrogens with zero attached hydrogens (tertiary/aromatic N) is 4. The molecule has 0 radical (unpaired) electrons. The molecule has 0 saturated carbocycles. The monoisotopic (exact) mass is 766 g/mol. The van der Waals surface area contributed by atoms with Gasteiger partial charge in [-0.1, -0.05) is 146 Å². The van der Waals surface area contributed by atoms with E-state index in [-0.39, 0.29) is 0 Å². The molecule has 0 aliphatic heterocycles. The van der Waals surface area contributed by atoms with E-state index in [9.17, 15) is 0 Å². The van der Waals surface area contributed by atoms with Crippen molar-refractivity contribution in [3.63, 3.8) is 0 Å². The molecule has 11 aromatic rings. The van der Waals surface area contributed by atoms with E-state index < -0.39 is 0 Å². The van der Waals surface area contributed by atoms with Crippen LogP contribution in [0.2, 0.25) is 0 Å². The molecule has 0 N–H and O–H groups in total. The zero-order chi connectivity index (χ0) is 39.8. The maximum Gasteiger partial charge on any atom is 0.0973 e. The molecule has 0 spiro atoms. The second-order valence-corrected chi connectivity index (χ2v) is 15.0. The molecular formula is C56H38N4. The van der Waals surface area contributed by atoms with Crippen LogP contribution in [-0.4, -0.2) is 14.5 Å². The van der Waals surface area contributed by atoms with E-state index in [4.69, 9.17) is 9.97 Å². The maximum atomic E-state index is 5.14. The van der Waals surface area contributed by atoms with E-state index in [1.165, 1.54) is 38.5 Å². The highest BCUT2D eigenvalue weighted by atomic mass is 15.1. The molecule has 9 aromatic carbocycles. The standard InChI is InChI=1S/C56H38N4/c1-5-15-39(16-6-1)43-29-35-53-49(37-43)50-38-44(30-36-54(50)60(53)46-21-11-4-12-22-46)40-25-31-47(32-26-40)59(45-19-9-3-10-20-45)48-33-27-42(28-34-48)56-55(41-17-7-2-8-18-41)57-51-23-13-14-24-52(51)58-56/h1-38H. The fraction of sp³-hybridized carbons (Fsp3) is 0. The normalized spacial score (nSPS) is 11.3. The lowest BCUT2D eigenvalue weighted by Crippen LogP contribution is -2.09. The largest absolute Gasteiger partial charge is 0.311 e. The van der Waals surface area contributed by atoms with Crippen molar-refractivity contribution in [2.24, 2.45) is 0 Å². The summed E-state index contributed by atoms with van der Waals surface area (Å²) < 4.78 is 2.38. The second kappa shape index (κ2) is 15.0. The molecule has 2 aromatic heterocycles. The maximum absolute atomic E-state index is 5.14. The molecule has 2 heterocycles. The molecule has 0 fully saturated rings. The Balaban J connectivity index is 0.978. The molecule has 4 heteroatoms. The van der Waals surface area contributed by atoms with Crippen LogP contribution >= 0.6 is 0 Å². The van der Waals surface area contributed by atoms with Gasteiger partial charge >= 0.3 is 0 Å². The van der Waals surface area contributed by atoms with Crippen molar-refractivity contribution < 1.29 is 0 Å². The van der Waals surface area contributed by atoms with Crippen molar-refractivity contribution in [3.05, 3.63) is 231 Å². The molecule has 0 aliphatic carbocycles. The van der Waals surface area contributed by atoms with E-state index in [0.717, 1.165) is 61.9 Å². The van der Waals surface area contributed by atoms with Gasteiger partial charge in [0.25, 0.3) is 0 Å². The number of benzene rings is 9. The van der Waals surface area contributed by atoms with Crippen molar-refractivity contribution in [1.82, 2.24) is 14.5 Å². The van der Waals surface area contributed by atoms with E-state index in [0.29, 0.717) is 0 Å². The third-order valence-corrected chi connectivity index (χ3v) is 11.4. The van der Waals surface area contributed by atoms with Gasteiger partial charge in [0.15, 0.2) is 0 Å². The van der Waals surface area contributed by atoms with E-state index in [2.05, 4.69) is 198 Å². The van der Waals surface area contributed by atoms with E-state index in [1.807, 2.05) is 42.5 Å². The number of fused-ring (bicyclic) bond motifs is 4. The van der Waals surface area contributed by atoms with Gasteiger partial charge in [-0.15, -0.1) is 0 Å². The highest BCUT2D eigenvalue weighted by Crippen LogP contribution is 2.40. The summed E-state index contributed by atoms with van der Waals surface area (Å²) in [6.07, 6.45) is 0. The summed E-state index contributed by atoms with van der Waals surface area (Å²) in [5.74, 6) is 0. The Labute approximate surface area is 348 Å². The number of rotatable bonds is 8. The first-order valence-corrected chi connectivity index (χ1v) is 20.3. The molecule has 60 heavy (non-hydrogen) atoms. The minimum Gasteiger partial charge on any atom is -0.311 e. The minimum absolute atomic E-state index is 0.863. The smallest absolute Gasteiger partial charge is 0.0973 e. The third kappa shape index (κ3) is 6.37. The van der Waals surface area contributed by atoms with Crippen molar-refractivity contribution in [3.8, 4) is 50.5 Å². The van der Waals surface area contributed by atoms with Crippen LogP contribution in [0.15, 0.2) is 231 Å². The topological polar surface area (TPSA) is 34.0 Å². The predicted molar refractivity (Wildman–Crippen MR) is 250 cm³/mol. The van der Waals surface area contributed by atoms with E-state index in [1.54, 1.807) is 0 Å². The predicted octanol–water partition coefficient (Wildman–Crippen LogP) is 14.9. The van der Waals surface area contributed by atoms with Crippen LogP contribution in [0.5, 0.6) is 0 Å². The molecule has 0 amide bonds. The lowest BCUT2D eigenvalue weighted by molar-refractivity contribution is 1.18. The first kappa shape index (κ1) is 35.1. The van der Waals surface area contributed by atoms with Crippen LogP contribution in [0.4, 0.5) is 17.1 Å². The Bertz CT molecular complexity index is 3270. The quantitative estimate of drug-likeness (QED) is 0.154. The first-order valence-electron chi connectivity index (χ1n) is 20.3. The van der Waals surface area contributed by atoms with Crippen molar-refractivity contribution in [1.29, 1.82) is 0 Å². The Hall–Kier alpha value is -8.08.